The molecule has 3 saturated heterocycles. The summed E-state index contributed by atoms with van der Waals surface area (Å²) in [6, 6.07) is -0.492. The Balaban J connectivity index is 0.00000280. The molecule has 158 valence electrons. The van der Waals surface area contributed by atoms with Crippen LogP contribution in [0, 0.1) is 0 Å². The standard InChI is InChI=1S/C18H29N5O4.ClH/c1-3-18(4-2)16(26)23(17(27)20-18)12-15(25)21-8-5-6-13(11-21)22-9-7-19-10-14(22)24;/h13,19H,3-12H2,1-2H3,(H,20,27);1H. The zero-order chi connectivity index (χ0) is 19.6. The van der Waals surface area contributed by atoms with Gasteiger partial charge in [-0.2, -0.15) is 0 Å². The van der Waals surface area contributed by atoms with Crippen LogP contribution in [0.25, 0.3) is 0 Å². The number of piperidine rings is 1. The molecule has 0 radical (unpaired) electrons. The monoisotopic (exact) mass is 415 g/mol. The minimum absolute atomic E-state index is 0. The molecule has 10 heteroatoms. The van der Waals surface area contributed by atoms with Gasteiger partial charge in [-0.1, -0.05) is 13.8 Å². The summed E-state index contributed by atoms with van der Waals surface area (Å²) in [5, 5.41) is 5.80. The maximum absolute atomic E-state index is 12.8. The lowest BCUT2D eigenvalue weighted by Gasteiger charge is -2.41. The van der Waals surface area contributed by atoms with Crippen LogP contribution in [-0.2, 0) is 14.4 Å². The molecule has 2 N–H and O–H groups in total. The Bertz CT molecular complexity index is 639. The van der Waals surface area contributed by atoms with Crippen molar-refractivity contribution in [1.82, 2.24) is 25.3 Å². The van der Waals surface area contributed by atoms with E-state index in [0.29, 0.717) is 39.0 Å². The van der Waals surface area contributed by atoms with Crippen LogP contribution in [0.5, 0.6) is 0 Å². The van der Waals surface area contributed by atoms with Crippen LogP contribution in [0.3, 0.4) is 0 Å². The molecule has 3 heterocycles. The first-order chi connectivity index (χ1) is 12.9. The third-order valence-corrected chi connectivity index (χ3v) is 6.06. The molecule has 0 bridgehead atoms. The normalized spacial score (nSPS) is 24.9. The van der Waals surface area contributed by atoms with Crippen LogP contribution in [0.2, 0.25) is 0 Å². The average Bonchev–Trinajstić information content (AvgIpc) is 2.93. The largest absolute Gasteiger partial charge is 0.339 e. The lowest BCUT2D eigenvalue weighted by atomic mass is 9.93. The molecule has 3 aliphatic heterocycles. The van der Waals surface area contributed by atoms with Gasteiger partial charge in [0.1, 0.15) is 12.1 Å². The molecule has 0 spiro atoms. The number of carbonyl (C=O) groups is 4. The Kier molecular flexibility index (Phi) is 7.28. The van der Waals surface area contributed by atoms with Crippen molar-refractivity contribution in [2.45, 2.75) is 51.1 Å². The van der Waals surface area contributed by atoms with Crippen molar-refractivity contribution in [1.29, 1.82) is 0 Å². The van der Waals surface area contributed by atoms with Crippen LogP contribution >= 0.6 is 12.4 Å². The minimum atomic E-state index is -0.894. The molecule has 1 unspecified atom stereocenters. The fraction of sp³-hybridized carbons (Fsp3) is 0.778. The van der Waals surface area contributed by atoms with Gasteiger partial charge >= 0.3 is 6.03 Å². The molecule has 3 fully saturated rings. The molecule has 0 aromatic carbocycles. The van der Waals surface area contributed by atoms with E-state index in [2.05, 4.69) is 10.6 Å². The zero-order valence-electron chi connectivity index (χ0n) is 16.5. The first-order valence-electron chi connectivity index (χ1n) is 9.84. The van der Waals surface area contributed by atoms with Crippen LogP contribution in [0.1, 0.15) is 39.5 Å². The number of piperazine rings is 1. The molecule has 0 aromatic heterocycles. The first kappa shape index (κ1) is 22.4. The number of hydrogen-bond donors (Lipinski definition) is 2. The number of amides is 5. The molecule has 1 atom stereocenters. The summed E-state index contributed by atoms with van der Waals surface area (Å²) in [7, 11) is 0. The summed E-state index contributed by atoms with van der Waals surface area (Å²) in [5.74, 6) is -0.504. The average molecular weight is 416 g/mol. The Morgan fingerprint density at radius 3 is 2.50 bits per heavy atom. The maximum Gasteiger partial charge on any atom is 0.325 e. The quantitative estimate of drug-likeness (QED) is 0.612. The van der Waals surface area contributed by atoms with Gasteiger partial charge in [0.15, 0.2) is 0 Å². The van der Waals surface area contributed by atoms with Gasteiger partial charge in [0.2, 0.25) is 11.8 Å². The second-order valence-electron chi connectivity index (χ2n) is 7.51. The van der Waals surface area contributed by atoms with Gasteiger partial charge in [-0.15, -0.1) is 12.4 Å². The summed E-state index contributed by atoms with van der Waals surface area (Å²) < 4.78 is 0. The van der Waals surface area contributed by atoms with Crippen molar-refractivity contribution in [3.8, 4) is 0 Å². The number of imide groups is 1. The number of carbonyl (C=O) groups excluding carboxylic acids is 4. The summed E-state index contributed by atoms with van der Waals surface area (Å²) >= 11 is 0. The van der Waals surface area contributed by atoms with Crippen molar-refractivity contribution < 1.29 is 19.2 Å². The molecule has 0 aliphatic carbocycles. The van der Waals surface area contributed by atoms with Crippen molar-refractivity contribution in [2.75, 3.05) is 39.3 Å². The lowest BCUT2D eigenvalue weighted by molar-refractivity contribution is -0.142. The highest BCUT2D eigenvalue weighted by atomic mass is 35.5. The summed E-state index contributed by atoms with van der Waals surface area (Å²) in [5.41, 5.74) is -0.894. The predicted octanol–water partition coefficient (Wildman–Crippen LogP) is -0.0584. The highest BCUT2D eigenvalue weighted by Gasteiger charge is 2.49. The second-order valence-corrected chi connectivity index (χ2v) is 7.51. The van der Waals surface area contributed by atoms with E-state index in [0.717, 1.165) is 24.3 Å². The Morgan fingerprint density at radius 1 is 1.18 bits per heavy atom. The first-order valence-corrected chi connectivity index (χ1v) is 9.84. The van der Waals surface area contributed by atoms with Crippen LogP contribution < -0.4 is 10.6 Å². The lowest BCUT2D eigenvalue weighted by Crippen LogP contribution is -2.58. The van der Waals surface area contributed by atoms with E-state index >= 15 is 0 Å². The van der Waals surface area contributed by atoms with Gasteiger partial charge in [-0.05, 0) is 25.7 Å². The molecule has 3 rings (SSSR count). The zero-order valence-corrected chi connectivity index (χ0v) is 17.3. The van der Waals surface area contributed by atoms with E-state index in [9.17, 15) is 19.2 Å². The van der Waals surface area contributed by atoms with Crippen molar-refractivity contribution in [3.05, 3.63) is 0 Å². The molecule has 0 aromatic rings. The third-order valence-electron chi connectivity index (χ3n) is 6.06. The van der Waals surface area contributed by atoms with E-state index in [1.54, 1.807) is 4.90 Å². The number of urea groups is 1. The van der Waals surface area contributed by atoms with Gasteiger partial charge in [0, 0.05) is 32.2 Å². The number of nitrogens with one attached hydrogen (secondary N) is 2. The summed E-state index contributed by atoms with van der Waals surface area (Å²) in [6.45, 7) is 6.26. The van der Waals surface area contributed by atoms with Crippen LogP contribution in [0.4, 0.5) is 4.79 Å². The number of rotatable bonds is 5. The van der Waals surface area contributed by atoms with E-state index < -0.39 is 11.6 Å². The van der Waals surface area contributed by atoms with Gasteiger partial charge in [-0.3, -0.25) is 19.3 Å². The van der Waals surface area contributed by atoms with Gasteiger partial charge in [0.25, 0.3) is 5.91 Å². The molecule has 0 saturated carbocycles. The SMILES string of the molecule is CCC1(CC)NC(=O)N(CC(=O)N2CCCC(N3CCNCC3=O)C2)C1=O.Cl. The topological polar surface area (TPSA) is 102 Å². The minimum Gasteiger partial charge on any atom is -0.339 e. The van der Waals surface area contributed by atoms with Gasteiger partial charge in [0.05, 0.1) is 6.54 Å². The summed E-state index contributed by atoms with van der Waals surface area (Å²) in [6.07, 6.45) is 2.67. The Hall–Kier alpha value is -1.87. The third kappa shape index (κ3) is 4.10. The fourth-order valence-corrected chi connectivity index (χ4v) is 4.23. The number of nitrogens with zero attached hydrogens (tertiary/aromatic N) is 3. The van der Waals surface area contributed by atoms with Crippen molar-refractivity contribution in [2.24, 2.45) is 0 Å². The number of halogens is 1. The van der Waals surface area contributed by atoms with E-state index in [1.807, 2.05) is 18.7 Å². The molecule has 5 amide bonds. The van der Waals surface area contributed by atoms with Gasteiger partial charge < -0.3 is 20.4 Å². The highest BCUT2D eigenvalue weighted by Crippen LogP contribution is 2.25. The molecular formula is C18H30ClN5O4. The highest BCUT2D eigenvalue weighted by molar-refractivity contribution is 6.09. The van der Waals surface area contributed by atoms with E-state index in [4.69, 9.17) is 0 Å². The van der Waals surface area contributed by atoms with Crippen LogP contribution in [-0.4, -0.2) is 89.3 Å². The molecular weight excluding hydrogens is 386 g/mol. The molecule has 9 nitrogen and oxygen atoms in total. The number of likely N-dealkylation sites (tertiary alicyclic amines) is 1. The van der Waals surface area contributed by atoms with Crippen molar-refractivity contribution >= 4 is 36.2 Å². The molecule has 3 aliphatic rings. The molecule has 28 heavy (non-hydrogen) atoms. The number of hydrogen-bond acceptors (Lipinski definition) is 5. The summed E-state index contributed by atoms with van der Waals surface area (Å²) in [4.78, 5) is 54.4. The van der Waals surface area contributed by atoms with E-state index in [1.165, 1.54) is 0 Å². The Morgan fingerprint density at radius 2 is 1.89 bits per heavy atom. The Labute approximate surface area is 171 Å². The van der Waals surface area contributed by atoms with Crippen molar-refractivity contribution in [3.63, 3.8) is 0 Å². The van der Waals surface area contributed by atoms with Gasteiger partial charge in [-0.25, -0.2) is 4.79 Å². The smallest absolute Gasteiger partial charge is 0.325 e. The van der Waals surface area contributed by atoms with Crippen LogP contribution in [0.15, 0.2) is 0 Å². The maximum atomic E-state index is 12.8. The predicted molar refractivity (Wildman–Crippen MR) is 105 cm³/mol. The second kappa shape index (κ2) is 9.09. The fourth-order valence-electron chi connectivity index (χ4n) is 4.23. The van der Waals surface area contributed by atoms with E-state index in [-0.39, 0.29) is 42.7 Å².